The molecule has 0 unspecified atom stereocenters. The lowest BCUT2D eigenvalue weighted by Gasteiger charge is -2.09. The summed E-state index contributed by atoms with van der Waals surface area (Å²) < 4.78 is 69.8. The Labute approximate surface area is 296 Å². The lowest BCUT2D eigenvalue weighted by molar-refractivity contribution is -0.146. The monoisotopic (exact) mass is 714 g/mol. The van der Waals surface area contributed by atoms with E-state index in [0.717, 1.165) is 13.0 Å². The predicted molar refractivity (Wildman–Crippen MR) is 184 cm³/mol. The maximum atomic E-state index is 10.9. The quantitative estimate of drug-likeness (QED) is 0.0673. The van der Waals surface area contributed by atoms with Gasteiger partial charge < -0.3 is 61.6 Å². The van der Waals surface area contributed by atoms with Gasteiger partial charge in [0.1, 0.15) is 6.61 Å². The van der Waals surface area contributed by atoms with E-state index in [-0.39, 0.29) is 6.61 Å². The Bertz CT molecular complexity index is 617. The number of hydrogen-bond donors (Lipinski definition) is 0. The zero-order valence-electron chi connectivity index (χ0n) is 30.8. The van der Waals surface area contributed by atoms with Gasteiger partial charge in [0, 0.05) is 6.61 Å². The van der Waals surface area contributed by atoms with Crippen LogP contribution in [0.2, 0.25) is 0 Å². The van der Waals surface area contributed by atoms with Crippen LogP contribution >= 0.6 is 0 Å². The van der Waals surface area contributed by atoms with E-state index in [1.807, 2.05) is 0 Å². The molecular weight excluding hydrogens is 644 g/mol. The number of rotatable bonds is 44. The van der Waals surface area contributed by atoms with Crippen LogP contribution in [0.25, 0.3) is 0 Å². The van der Waals surface area contributed by atoms with Crippen molar-refractivity contribution in [1.29, 1.82) is 0 Å². The first-order valence-corrected chi connectivity index (χ1v) is 18.3. The van der Waals surface area contributed by atoms with Gasteiger partial charge in [-0.3, -0.25) is 0 Å². The van der Waals surface area contributed by atoms with Crippen molar-refractivity contribution in [3.8, 4) is 0 Å². The van der Waals surface area contributed by atoms with Crippen LogP contribution in [-0.2, 0) is 66.4 Å². The molecule has 0 saturated carbocycles. The number of hydrogen-bond acceptors (Lipinski definition) is 14. The molecule has 294 valence electrons. The highest BCUT2D eigenvalue weighted by molar-refractivity contribution is 5.70. The first-order chi connectivity index (χ1) is 24.3. The van der Waals surface area contributed by atoms with Gasteiger partial charge in [0.05, 0.1) is 152 Å². The van der Waals surface area contributed by atoms with Crippen LogP contribution in [0.5, 0.6) is 0 Å². The fourth-order valence-corrected chi connectivity index (χ4v) is 3.97. The van der Waals surface area contributed by atoms with E-state index in [2.05, 4.69) is 11.7 Å². The number of unbranched alkanes of at least 4 members (excludes halogenated alkanes) is 7. The van der Waals surface area contributed by atoms with Crippen LogP contribution in [0.4, 0.5) is 0 Å². The van der Waals surface area contributed by atoms with Crippen LogP contribution < -0.4 is 0 Å². The van der Waals surface area contributed by atoms with Crippen molar-refractivity contribution in [2.45, 2.75) is 58.3 Å². The molecule has 0 aliphatic rings. The Morgan fingerprint density at radius 3 is 0.796 bits per heavy atom. The van der Waals surface area contributed by atoms with E-state index >= 15 is 0 Å². The van der Waals surface area contributed by atoms with Crippen LogP contribution in [-0.4, -0.2) is 172 Å². The van der Waals surface area contributed by atoms with E-state index in [9.17, 15) is 4.79 Å². The number of esters is 1. The molecule has 0 aliphatic heterocycles. The summed E-state index contributed by atoms with van der Waals surface area (Å²) in [5, 5.41) is 0. The predicted octanol–water partition coefficient (Wildman–Crippen LogP) is 3.50. The van der Waals surface area contributed by atoms with Crippen LogP contribution in [0.15, 0.2) is 0 Å². The molecule has 0 bridgehead atoms. The topological polar surface area (TPSA) is 137 Å². The minimum Gasteiger partial charge on any atom is -0.467 e. The molecule has 0 N–H and O–H groups in total. The highest BCUT2D eigenvalue weighted by Crippen LogP contribution is 2.08. The summed E-state index contributed by atoms with van der Waals surface area (Å²) >= 11 is 0. The average molecular weight is 715 g/mol. The number of ether oxygens (including phenoxy) is 13. The SMILES string of the molecule is CCCCCCCCCCOCCOCCOCCOCCOCCOCCOCCOCCOCCOCCOCCOCC(=O)OC. The van der Waals surface area contributed by atoms with Crippen molar-refractivity contribution in [1.82, 2.24) is 0 Å². The molecule has 0 fully saturated rings. The first kappa shape index (κ1) is 48.0. The zero-order chi connectivity index (χ0) is 35.4. The molecule has 0 amide bonds. The van der Waals surface area contributed by atoms with E-state index in [1.54, 1.807) is 0 Å². The van der Waals surface area contributed by atoms with Crippen molar-refractivity contribution >= 4 is 5.97 Å². The van der Waals surface area contributed by atoms with Crippen LogP contribution in [0, 0.1) is 0 Å². The molecule has 0 atom stereocenters. The van der Waals surface area contributed by atoms with Gasteiger partial charge in [-0.25, -0.2) is 4.79 Å². The van der Waals surface area contributed by atoms with E-state index in [1.165, 1.54) is 52.1 Å². The molecule has 0 spiro atoms. The summed E-state index contributed by atoms with van der Waals surface area (Å²) in [6, 6.07) is 0. The van der Waals surface area contributed by atoms with Gasteiger partial charge in [0.25, 0.3) is 0 Å². The summed E-state index contributed by atoms with van der Waals surface area (Å²) in [6.45, 7) is 14.1. The maximum Gasteiger partial charge on any atom is 0.331 e. The molecule has 14 nitrogen and oxygen atoms in total. The van der Waals surface area contributed by atoms with Gasteiger partial charge >= 0.3 is 5.97 Å². The highest BCUT2D eigenvalue weighted by Gasteiger charge is 2.00. The van der Waals surface area contributed by atoms with Crippen LogP contribution in [0.3, 0.4) is 0 Å². The smallest absolute Gasteiger partial charge is 0.331 e. The molecule has 0 aromatic heterocycles. The number of carbonyl (C=O) groups excluding carboxylic acids is 1. The first-order valence-electron chi connectivity index (χ1n) is 18.3. The van der Waals surface area contributed by atoms with Crippen LogP contribution in [0.1, 0.15) is 58.3 Å². The third kappa shape index (κ3) is 45.0. The fourth-order valence-electron chi connectivity index (χ4n) is 3.97. The Hall–Kier alpha value is -1.01. The second-order valence-corrected chi connectivity index (χ2v) is 10.8. The summed E-state index contributed by atoms with van der Waals surface area (Å²) in [5.74, 6) is -0.406. The zero-order valence-corrected chi connectivity index (χ0v) is 30.8. The average Bonchev–Trinajstić information content (AvgIpc) is 3.11. The summed E-state index contributed by atoms with van der Waals surface area (Å²) in [7, 11) is 1.32. The molecule has 0 heterocycles. The molecule has 0 aromatic rings. The van der Waals surface area contributed by atoms with Crippen molar-refractivity contribution in [2.75, 3.05) is 166 Å². The van der Waals surface area contributed by atoms with Crippen molar-refractivity contribution in [3.05, 3.63) is 0 Å². The summed E-state index contributed by atoms with van der Waals surface area (Å²) in [6.07, 6.45) is 10.5. The second kappa shape index (κ2) is 45.0. The molecule has 0 aromatic carbocycles. The standard InChI is InChI=1S/C35H70O14/c1-3-4-5-6-7-8-9-10-11-38-12-13-39-14-15-40-16-17-41-18-19-42-20-21-43-22-23-44-24-25-45-26-27-46-28-29-47-30-31-48-32-33-49-34-35(36)37-2/h3-34H2,1-2H3. The molecule has 0 radical (unpaired) electrons. The van der Waals surface area contributed by atoms with Gasteiger partial charge in [-0.05, 0) is 6.42 Å². The third-order valence-corrected chi connectivity index (χ3v) is 6.68. The van der Waals surface area contributed by atoms with Gasteiger partial charge in [-0.2, -0.15) is 0 Å². The van der Waals surface area contributed by atoms with Gasteiger partial charge in [-0.15, -0.1) is 0 Å². The van der Waals surface area contributed by atoms with E-state index in [4.69, 9.17) is 56.8 Å². The molecular formula is C35H70O14. The Balaban J connectivity index is 3.05. The Morgan fingerprint density at radius 2 is 0.531 bits per heavy atom. The van der Waals surface area contributed by atoms with E-state index < -0.39 is 5.97 Å². The van der Waals surface area contributed by atoms with Crippen molar-refractivity contribution in [3.63, 3.8) is 0 Å². The largest absolute Gasteiger partial charge is 0.467 e. The molecule has 0 aliphatic carbocycles. The molecule has 14 heteroatoms. The summed E-state index contributed by atoms with van der Waals surface area (Å²) in [4.78, 5) is 10.9. The third-order valence-electron chi connectivity index (χ3n) is 6.68. The van der Waals surface area contributed by atoms with Crippen molar-refractivity contribution in [2.24, 2.45) is 0 Å². The van der Waals surface area contributed by atoms with Gasteiger partial charge in [0.15, 0.2) is 0 Å². The summed E-state index contributed by atoms with van der Waals surface area (Å²) in [5.41, 5.74) is 0. The maximum absolute atomic E-state index is 10.9. The molecule has 0 saturated heterocycles. The molecule has 0 rings (SSSR count). The van der Waals surface area contributed by atoms with Gasteiger partial charge in [0.2, 0.25) is 0 Å². The number of methoxy groups -OCH3 is 1. The Kier molecular flexibility index (Phi) is 44.1. The minimum atomic E-state index is -0.406. The lowest BCUT2D eigenvalue weighted by atomic mass is 10.1. The number of carbonyl (C=O) groups is 1. The van der Waals surface area contributed by atoms with E-state index in [0.29, 0.717) is 145 Å². The highest BCUT2D eigenvalue weighted by atomic mass is 16.6. The Morgan fingerprint density at radius 1 is 0.306 bits per heavy atom. The lowest BCUT2D eigenvalue weighted by Crippen LogP contribution is -2.16. The molecule has 49 heavy (non-hydrogen) atoms. The normalized spacial score (nSPS) is 11.5. The second-order valence-electron chi connectivity index (χ2n) is 10.8. The van der Waals surface area contributed by atoms with Gasteiger partial charge in [-0.1, -0.05) is 51.9 Å². The van der Waals surface area contributed by atoms with Crippen molar-refractivity contribution < 1.29 is 66.4 Å². The fraction of sp³-hybridized carbons (Fsp3) is 0.971. The minimum absolute atomic E-state index is 0.0691.